The molecule has 0 atom stereocenters. The summed E-state index contributed by atoms with van der Waals surface area (Å²) in [5.41, 5.74) is -0.682. The van der Waals surface area contributed by atoms with E-state index in [1.165, 1.54) is 18.2 Å². The maximum absolute atomic E-state index is 13.4. The lowest BCUT2D eigenvalue weighted by atomic mass is 10.2. The van der Waals surface area contributed by atoms with Gasteiger partial charge in [-0.3, -0.25) is 10.1 Å². The number of aromatic nitrogens is 1. The highest BCUT2D eigenvalue weighted by atomic mass is 19.1. The zero-order valence-corrected chi connectivity index (χ0v) is 9.82. The van der Waals surface area contributed by atoms with Gasteiger partial charge in [0.25, 0.3) is 5.69 Å². The standard InChI is InChI=1S/C12H7FN2O5/c13-10-5-8(2-3-9(10)12(16)17)20-11-4-1-7(6-14-11)15(18)19/h1-6H,(H,16,17). The highest BCUT2D eigenvalue weighted by Gasteiger charge is 2.12. The molecule has 20 heavy (non-hydrogen) atoms. The van der Waals surface area contributed by atoms with Crippen LogP contribution in [0.5, 0.6) is 11.6 Å². The molecule has 8 heteroatoms. The Labute approximate surface area is 111 Å². The fraction of sp³-hybridized carbons (Fsp3) is 0. The molecule has 0 unspecified atom stereocenters. The number of carbonyl (C=O) groups is 1. The average molecular weight is 278 g/mol. The van der Waals surface area contributed by atoms with Gasteiger partial charge < -0.3 is 9.84 Å². The van der Waals surface area contributed by atoms with Crippen LogP contribution in [0.25, 0.3) is 0 Å². The number of aromatic carboxylic acids is 1. The topological polar surface area (TPSA) is 103 Å². The van der Waals surface area contributed by atoms with E-state index in [0.29, 0.717) is 0 Å². The summed E-state index contributed by atoms with van der Waals surface area (Å²) in [4.78, 5) is 24.1. The van der Waals surface area contributed by atoms with Crippen molar-refractivity contribution < 1.29 is 24.0 Å². The van der Waals surface area contributed by atoms with Crippen molar-refractivity contribution in [2.45, 2.75) is 0 Å². The van der Waals surface area contributed by atoms with Gasteiger partial charge in [0, 0.05) is 18.2 Å². The highest BCUT2D eigenvalue weighted by Crippen LogP contribution is 2.23. The number of hydrogen-bond donors (Lipinski definition) is 1. The van der Waals surface area contributed by atoms with Gasteiger partial charge in [-0.05, 0) is 12.1 Å². The number of nitrogens with zero attached hydrogens (tertiary/aromatic N) is 2. The van der Waals surface area contributed by atoms with Crippen LogP contribution in [-0.2, 0) is 0 Å². The van der Waals surface area contributed by atoms with Crippen LogP contribution in [-0.4, -0.2) is 21.0 Å². The van der Waals surface area contributed by atoms with Crippen molar-refractivity contribution in [3.63, 3.8) is 0 Å². The molecule has 2 aromatic rings. The van der Waals surface area contributed by atoms with Crippen LogP contribution in [0.3, 0.4) is 0 Å². The molecule has 7 nitrogen and oxygen atoms in total. The van der Waals surface area contributed by atoms with Crippen LogP contribution >= 0.6 is 0 Å². The first-order valence-electron chi connectivity index (χ1n) is 5.28. The Bertz CT molecular complexity index is 672. The summed E-state index contributed by atoms with van der Waals surface area (Å²) >= 11 is 0. The van der Waals surface area contributed by atoms with Crippen molar-refractivity contribution in [2.75, 3.05) is 0 Å². The van der Waals surface area contributed by atoms with Crippen LogP contribution in [0.4, 0.5) is 10.1 Å². The minimum Gasteiger partial charge on any atom is -0.478 e. The summed E-state index contributed by atoms with van der Waals surface area (Å²) in [5, 5.41) is 19.1. The maximum atomic E-state index is 13.4. The van der Waals surface area contributed by atoms with E-state index in [0.717, 1.165) is 18.3 Å². The highest BCUT2D eigenvalue weighted by molar-refractivity contribution is 5.88. The Morgan fingerprint density at radius 3 is 2.60 bits per heavy atom. The van der Waals surface area contributed by atoms with Crippen molar-refractivity contribution in [3.05, 3.63) is 58.0 Å². The fourth-order valence-electron chi connectivity index (χ4n) is 1.39. The molecule has 0 radical (unpaired) electrons. The number of ether oxygens (including phenoxy) is 1. The molecule has 102 valence electrons. The summed E-state index contributed by atoms with van der Waals surface area (Å²) in [5.74, 6) is -2.27. The Balaban J connectivity index is 2.19. The fourth-order valence-corrected chi connectivity index (χ4v) is 1.39. The third kappa shape index (κ3) is 2.86. The predicted octanol–water partition coefficient (Wildman–Crippen LogP) is 2.62. The smallest absolute Gasteiger partial charge is 0.338 e. The van der Waals surface area contributed by atoms with Crippen LogP contribution in [0.15, 0.2) is 36.5 Å². The molecule has 0 aliphatic heterocycles. The van der Waals surface area contributed by atoms with Gasteiger partial charge in [0.15, 0.2) is 0 Å². The molecule has 1 aromatic heterocycles. The van der Waals surface area contributed by atoms with E-state index < -0.39 is 22.3 Å². The molecule has 0 amide bonds. The second kappa shape index (κ2) is 5.31. The van der Waals surface area contributed by atoms with Crippen molar-refractivity contribution in [1.82, 2.24) is 4.98 Å². The van der Waals surface area contributed by atoms with Crippen molar-refractivity contribution in [1.29, 1.82) is 0 Å². The Kier molecular flexibility index (Phi) is 3.56. The number of pyridine rings is 1. The molecule has 0 bridgehead atoms. The first-order valence-corrected chi connectivity index (χ1v) is 5.28. The molecular formula is C12H7FN2O5. The van der Waals surface area contributed by atoms with Gasteiger partial charge in [-0.15, -0.1) is 0 Å². The number of carboxylic acids is 1. The quantitative estimate of drug-likeness (QED) is 0.681. The lowest BCUT2D eigenvalue weighted by Gasteiger charge is -2.05. The third-order valence-electron chi connectivity index (χ3n) is 2.32. The molecule has 0 fully saturated rings. The zero-order chi connectivity index (χ0) is 14.7. The van der Waals surface area contributed by atoms with E-state index in [4.69, 9.17) is 9.84 Å². The van der Waals surface area contributed by atoms with Gasteiger partial charge in [-0.25, -0.2) is 14.2 Å². The largest absolute Gasteiger partial charge is 0.478 e. The van der Waals surface area contributed by atoms with E-state index in [9.17, 15) is 19.3 Å². The predicted molar refractivity (Wildman–Crippen MR) is 64.3 cm³/mol. The number of hydrogen-bond acceptors (Lipinski definition) is 5. The summed E-state index contributed by atoms with van der Waals surface area (Å²) in [6, 6.07) is 5.64. The summed E-state index contributed by atoms with van der Waals surface area (Å²) in [7, 11) is 0. The van der Waals surface area contributed by atoms with Crippen molar-refractivity contribution in [3.8, 4) is 11.6 Å². The van der Waals surface area contributed by atoms with E-state index in [2.05, 4.69) is 4.98 Å². The van der Waals surface area contributed by atoms with Gasteiger partial charge in [-0.1, -0.05) is 0 Å². The van der Waals surface area contributed by atoms with Crippen LogP contribution in [0.1, 0.15) is 10.4 Å². The minimum atomic E-state index is -1.39. The maximum Gasteiger partial charge on any atom is 0.338 e. The molecule has 2 rings (SSSR count). The van der Waals surface area contributed by atoms with E-state index >= 15 is 0 Å². The van der Waals surface area contributed by atoms with Gasteiger partial charge in [-0.2, -0.15) is 0 Å². The van der Waals surface area contributed by atoms with Crippen molar-refractivity contribution >= 4 is 11.7 Å². The zero-order valence-electron chi connectivity index (χ0n) is 9.82. The summed E-state index contributed by atoms with van der Waals surface area (Å²) in [6.07, 6.45) is 0.997. The number of halogens is 1. The third-order valence-corrected chi connectivity index (χ3v) is 2.32. The molecule has 0 aliphatic carbocycles. The molecule has 0 saturated carbocycles. The second-order valence-electron chi connectivity index (χ2n) is 3.66. The van der Waals surface area contributed by atoms with Gasteiger partial charge in [0.05, 0.1) is 10.5 Å². The molecule has 0 aliphatic rings. The minimum absolute atomic E-state index is 0.0260. The SMILES string of the molecule is O=C(O)c1ccc(Oc2ccc([N+](=O)[O-])cn2)cc1F. The van der Waals surface area contributed by atoms with Crippen LogP contribution in [0.2, 0.25) is 0 Å². The van der Waals surface area contributed by atoms with Gasteiger partial charge in [0.1, 0.15) is 17.8 Å². The number of benzene rings is 1. The Hall–Kier alpha value is -3.03. The molecule has 0 saturated heterocycles. The molecular weight excluding hydrogens is 271 g/mol. The monoisotopic (exact) mass is 278 g/mol. The average Bonchev–Trinajstić information content (AvgIpc) is 2.39. The molecule has 1 aromatic carbocycles. The Morgan fingerprint density at radius 1 is 1.35 bits per heavy atom. The number of nitro groups is 1. The lowest BCUT2D eigenvalue weighted by Crippen LogP contribution is -2.00. The molecule has 1 heterocycles. The van der Waals surface area contributed by atoms with Crippen LogP contribution in [0, 0.1) is 15.9 Å². The molecule has 0 spiro atoms. The summed E-state index contributed by atoms with van der Waals surface area (Å²) < 4.78 is 18.6. The molecule has 1 N–H and O–H groups in total. The number of rotatable bonds is 4. The van der Waals surface area contributed by atoms with Gasteiger partial charge in [0.2, 0.25) is 5.88 Å². The van der Waals surface area contributed by atoms with Gasteiger partial charge >= 0.3 is 5.97 Å². The lowest BCUT2D eigenvalue weighted by molar-refractivity contribution is -0.385. The summed E-state index contributed by atoms with van der Waals surface area (Å²) in [6.45, 7) is 0. The normalized spacial score (nSPS) is 10.1. The van der Waals surface area contributed by atoms with E-state index in [1.54, 1.807) is 0 Å². The van der Waals surface area contributed by atoms with E-state index in [1.807, 2.05) is 0 Å². The second-order valence-corrected chi connectivity index (χ2v) is 3.66. The number of carboxylic acid groups (broad SMARTS) is 1. The van der Waals surface area contributed by atoms with Crippen LogP contribution < -0.4 is 4.74 Å². The first-order chi connectivity index (χ1) is 9.47. The van der Waals surface area contributed by atoms with E-state index in [-0.39, 0.29) is 17.3 Å². The van der Waals surface area contributed by atoms with Crippen molar-refractivity contribution in [2.24, 2.45) is 0 Å². The first kappa shape index (κ1) is 13.4. The Morgan fingerprint density at radius 2 is 2.10 bits per heavy atom.